The van der Waals surface area contributed by atoms with E-state index in [1.807, 2.05) is 52.0 Å². The molecule has 0 unspecified atom stereocenters. The summed E-state index contributed by atoms with van der Waals surface area (Å²) in [5, 5.41) is 3.99. The van der Waals surface area contributed by atoms with E-state index in [2.05, 4.69) is 10.3 Å². The molecule has 0 atom stereocenters. The summed E-state index contributed by atoms with van der Waals surface area (Å²) in [6.45, 7) is 8.68. The molecule has 2 aromatic rings. The molecule has 1 saturated heterocycles. The molecule has 3 rings (SSSR count). The minimum absolute atomic E-state index is 0.239. The van der Waals surface area contributed by atoms with Crippen LogP contribution in [0.2, 0.25) is 0 Å². The SMILES string of the molecule is Cc1c(S(=O)(=O)N2CCC(CNC(=O)OC(C)(C)C)CC2)[nH]c2ccccc12. The van der Waals surface area contributed by atoms with Crippen molar-refractivity contribution in [2.75, 3.05) is 19.6 Å². The molecule has 1 aromatic carbocycles. The van der Waals surface area contributed by atoms with Crippen molar-refractivity contribution in [3.05, 3.63) is 29.8 Å². The van der Waals surface area contributed by atoms with Crippen molar-refractivity contribution in [1.82, 2.24) is 14.6 Å². The van der Waals surface area contributed by atoms with Gasteiger partial charge in [-0.05, 0) is 58.1 Å². The van der Waals surface area contributed by atoms with Gasteiger partial charge in [0.15, 0.2) is 5.03 Å². The van der Waals surface area contributed by atoms with Crippen molar-refractivity contribution in [1.29, 1.82) is 0 Å². The molecule has 28 heavy (non-hydrogen) atoms. The van der Waals surface area contributed by atoms with Crippen LogP contribution in [-0.2, 0) is 14.8 Å². The molecule has 0 radical (unpaired) electrons. The Kier molecular flexibility index (Phi) is 5.72. The number of benzene rings is 1. The summed E-state index contributed by atoms with van der Waals surface area (Å²) in [6.07, 6.45) is 0.971. The number of sulfonamides is 1. The number of amides is 1. The van der Waals surface area contributed by atoms with Crippen LogP contribution in [0.5, 0.6) is 0 Å². The van der Waals surface area contributed by atoms with E-state index in [0.29, 0.717) is 32.5 Å². The predicted octanol–water partition coefficient (Wildman–Crippen LogP) is 3.40. The maximum absolute atomic E-state index is 13.1. The van der Waals surface area contributed by atoms with Gasteiger partial charge in [0.25, 0.3) is 10.0 Å². The van der Waals surface area contributed by atoms with E-state index in [1.165, 1.54) is 4.31 Å². The summed E-state index contributed by atoms with van der Waals surface area (Å²) >= 11 is 0. The Hall–Kier alpha value is -2.06. The van der Waals surface area contributed by atoms with E-state index < -0.39 is 21.7 Å². The van der Waals surface area contributed by atoms with Crippen molar-refractivity contribution in [3.8, 4) is 0 Å². The first-order valence-corrected chi connectivity index (χ1v) is 11.1. The number of carbonyl (C=O) groups excluding carboxylic acids is 1. The lowest BCUT2D eigenvalue weighted by molar-refractivity contribution is 0.0513. The molecule has 1 aliphatic heterocycles. The topological polar surface area (TPSA) is 91.5 Å². The number of rotatable bonds is 4. The third-order valence-electron chi connectivity index (χ3n) is 5.03. The van der Waals surface area contributed by atoms with Gasteiger partial charge in [0, 0.05) is 30.5 Å². The third kappa shape index (κ3) is 4.50. The van der Waals surface area contributed by atoms with E-state index in [9.17, 15) is 13.2 Å². The zero-order valence-electron chi connectivity index (χ0n) is 16.9. The molecule has 0 spiro atoms. The minimum atomic E-state index is -3.57. The van der Waals surface area contributed by atoms with E-state index >= 15 is 0 Å². The molecule has 7 nitrogen and oxygen atoms in total. The van der Waals surface area contributed by atoms with Crippen LogP contribution in [0.25, 0.3) is 10.9 Å². The first-order chi connectivity index (χ1) is 13.1. The quantitative estimate of drug-likeness (QED) is 0.813. The summed E-state index contributed by atoms with van der Waals surface area (Å²) in [5.74, 6) is 0.239. The van der Waals surface area contributed by atoms with Gasteiger partial charge in [-0.2, -0.15) is 4.31 Å². The van der Waals surface area contributed by atoms with Crippen molar-refractivity contribution in [3.63, 3.8) is 0 Å². The normalized spacial score (nSPS) is 17.0. The average molecular weight is 408 g/mol. The summed E-state index contributed by atoms with van der Waals surface area (Å²) in [4.78, 5) is 14.9. The molecule has 1 fully saturated rings. The van der Waals surface area contributed by atoms with Crippen molar-refractivity contribution in [2.45, 2.75) is 51.2 Å². The summed E-state index contributed by atoms with van der Waals surface area (Å²) < 4.78 is 33.0. The maximum Gasteiger partial charge on any atom is 0.407 e. The number of aromatic amines is 1. The zero-order chi connectivity index (χ0) is 20.5. The molecule has 1 amide bonds. The summed E-state index contributed by atoms with van der Waals surface area (Å²) in [6, 6.07) is 7.60. The Labute approximate surface area is 166 Å². The Bertz CT molecular complexity index is 951. The largest absolute Gasteiger partial charge is 0.444 e. The number of carbonyl (C=O) groups is 1. The second-order valence-electron chi connectivity index (χ2n) is 8.35. The number of fused-ring (bicyclic) bond motifs is 1. The monoisotopic (exact) mass is 407 g/mol. The number of alkyl carbamates (subject to hydrolysis) is 1. The van der Waals surface area contributed by atoms with Crippen LogP contribution in [0.15, 0.2) is 29.3 Å². The smallest absolute Gasteiger partial charge is 0.407 e. The van der Waals surface area contributed by atoms with Crippen LogP contribution in [0.1, 0.15) is 39.2 Å². The van der Waals surface area contributed by atoms with Gasteiger partial charge in [0.1, 0.15) is 5.60 Å². The van der Waals surface area contributed by atoms with Gasteiger partial charge in [-0.15, -0.1) is 0 Å². The average Bonchev–Trinajstić information content (AvgIpc) is 2.97. The molecular weight excluding hydrogens is 378 g/mol. The highest BCUT2D eigenvalue weighted by molar-refractivity contribution is 7.89. The fraction of sp³-hybridized carbons (Fsp3) is 0.550. The first-order valence-electron chi connectivity index (χ1n) is 9.62. The number of hydrogen-bond acceptors (Lipinski definition) is 4. The van der Waals surface area contributed by atoms with Crippen LogP contribution in [0.4, 0.5) is 4.79 Å². The number of aryl methyl sites for hydroxylation is 1. The number of aromatic nitrogens is 1. The van der Waals surface area contributed by atoms with E-state index in [0.717, 1.165) is 16.5 Å². The Balaban J connectivity index is 1.61. The molecule has 2 N–H and O–H groups in total. The van der Waals surface area contributed by atoms with Gasteiger partial charge in [0.2, 0.25) is 0 Å². The number of H-pyrrole nitrogens is 1. The van der Waals surface area contributed by atoms with E-state index in [1.54, 1.807) is 0 Å². The van der Waals surface area contributed by atoms with Gasteiger partial charge < -0.3 is 15.0 Å². The number of ether oxygens (including phenoxy) is 1. The molecule has 0 bridgehead atoms. The zero-order valence-corrected chi connectivity index (χ0v) is 17.7. The maximum atomic E-state index is 13.1. The van der Waals surface area contributed by atoms with Gasteiger partial charge in [-0.25, -0.2) is 13.2 Å². The summed E-state index contributed by atoms with van der Waals surface area (Å²) in [5.41, 5.74) is 1.05. The standard InChI is InChI=1S/C20H29N3O4S/c1-14-16-7-5-6-8-17(16)22-18(14)28(25,26)23-11-9-15(10-12-23)13-21-19(24)27-20(2,3)4/h5-8,15,22H,9-13H2,1-4H3,(H,21,24). The highest BCUT2D eigenvalue weighted by Gasteiger charge is 2.32. The van der Waals surface area contributed by atoms with Crippen molar-refractivity contribution >= 4 is 27.0 Å². The Morgan fingerprint density at radius 2 is 1.89 bits per heavy atom. The Morgan fingerprint density at radius 1 is 1.25 bits per heavy atom. The second-order valence-corrected chi connectivity index (χ2v) is 10.2. The van der Waals surface area contributed by atoms with Gasteiger partial charge in [-0.1, -0.05) is 18.2 Å². The number of para-hydroxylation sites is 1. The van der Waals surface area contributed by atoms with E-state index in [4.69, 9.17) is 4.74 Å². The molecule has 1 aromatic heterocycles. The third-order valence-corrected chi connectivity index (χ3v) is 6.99. The molecule has 0 aliphatic carbocycles. The Morgan fingerprint density at radius 3 is 2.50 bits per heavy atom. The van der Waals surface area contributed by atoms with Gasteiger partial charge in [0.05, 0.1) is 0 Å². The molecular formula is C20H29N3O4S. The predicted molar refractivity (Wildman–Crippen MR) is 109 cm³/mol. The number of nitrogens with zero attached hydrogens (tertiary/aromatic N) is 1. The molecule has 0 saturated carbocycles. The molecule has 2 heterocycles. The number of hydrogen-bond donors (Lipinski definition) is 2. The first kappa shape index (κ1) is 20.7. The number of nitrogens with one attached hydrogen (secondary N) is 2. The van der Waals surface area contributed by atoms with Crippen LogP contribution in [-0.4, -0.2) is 49.0 Å². The molecule has 154 valence electrons. The van der Waals surface area contributed by atoms with Crippen LogP contribution in [0, 0.1) is 12.8 Å². The summed E-state index contributed by atoms with van der Waals surface area (Å²) in [7, 11) is -3.57. The van der Waals surface area contributed by atoms with Crippen LogP contribution < -0.4 is 5.32 Å². The highest BCUT2D eigenvalue weighted by Crippen LogP contribution is 2.29. The molecule has 8 heteroatoms. The van der Waals surface area contributed by atoms with Crippen LogP contribution >= 0.6 is 0 Å². The number of piperidine rings is 1. The van der Waals surface area contributed by atoms with E-state index in [-0.39, 0.29) is 10.9 Å². The van der Waals surface area contributed by atoms with Gasteiger partial charge >= 0.3 is 6.09 Å². The fourth-order valence-electron chi connectivity index (χ4n) is 3.54. The van der Waals surface area contributed by atoms with Gasteiger partial charge in [-0.3, -0.25) is 0 Å². The van der Waals surface area contributed by atoms with Crippen LogP contribution in [0.3, 0.4) is 0 Å². The van der Waals surface area contributed by atoms with Crippen molar-refractivity contribution in [2.24, 2.45) is 5.92 Å². The van der Waals surface area contributed by atoms with Crippen molar-refractivity contribution < 1.29 is 17.9 Å². The lowest BCUT2D eigenvalue weighted by atomic mass is 9.98. The highest BCUT2D eigenvalue weighted by atomic mass is 32.2. The lowest BCUT2D eigenvalue weighted by Crippen LogP contribution is -2.42. The molecule has 1 aliphatic rings. The minimum Gasteiger partial charge on any atom is -0.444 e. The lowest BCUT2D eigenvalue weighted by Gasteiger charge is -2.31. The second kappa shape index (κ2) is 7.75. The fourth-order valence-corrected chi connectivity index (χ4v) is 5.23.